The maximum atomic E-state index is 8.94. The molecule has 0 aliphatic rings. The summed E-state index contributed by atoms with van der Waals surface area (Å²) in [5, 5.41) is 8.94. The zero-order chi connectivity index (χ0) is 8.27. The minimum atomic E-state index is -1.02. The van der Waals surface area contributed by atoms with Gasteiger partial charge < -0.3 is 5.11 Å². The molecule has 0 heterocycles. The Bertz CT molecular complexity index is 208. The second-order valence-corrected chi connectivity index (χ2v) is 2.35. The van der Waals surface area contributed by atoms with Gasteiger partial charge in [-0.05, 0) is 5.56 Å². The van der Waals surface area contributed by atoms with Gasteiger partial charge in [-0.2, -0.15) is 0 Å². The van der Waals surface area contributed by atoms with Crippen LogP contribution in [0.25, 0.3) is 0 Å². The second-order valence-electron chi connectivity index (χ2n) is 2.35. The standard InChI is InChI=1S/C9H12O/c1-8(7-10)9-5-3-2-4-6-9/h2-6,8,10H,7H2,1H3/i7D/t7-,8?/m1/s1. The van der Waals surface area contributed by atoms with E-state index in [-0.39, 0.29) is 5.92 Å². The van der Waals surface area contributed by atoms with Crippen LogP contribution in [0.1, 0.15) is 19.8 Å². The maximum absolute atomic E-state index is 8.94. The topological polar surface area (TPSA) is 20.2 Å². The summed E-state index contributed by atoms with van der Waals surface area (Å²) in [7, 11) is 0. The van der Waals surface area contributed by atoms with Gasteiger partial charge in [-0.25, -0.2) is 0 Å². The van der Waals surface area contributed by atoms with E-state index in [9.17, 15) is 0 Å². The van der Waals surface area contributed by atoms with Crippen molar-refractivity contribution in [3.8, 4) is 0 Å². The zero-order valence-electron chi connectivity index (χ0n) is 6.99. The first-order valence-corrected chi connectivity index (χ1v) is 3.37. The van der Waals surface area contributed by atoms with Crippen molar-refractivity contribution in [2.45, 2.75) is 12.8 Å². The molecule has 0 bridgehead atoms. The fourth-order valence-electron chi connectivity index (χ4n) is 0.843. The van der Waals surface area contributed by atoms with Crippen LogP contribution in [0, 0.1) is 0 Å². The van der Waals surface area contributed by atoms with E-state index >= 15 is 0 Å². The molecule has 0 aromatic heterocycles. The summed E-state index contributed by atoms with van der Waals surface area (Å²) in [5.74, 6) is -0.101. The molecule has 0 aliphatic heterocycles. The highest BCUT2D eigenvalue weighted by Gasteiger charge is 2.00. The molecule has 0 spiro atoms. The fraction of sp³-hybridized carbons (Fsp3) is 0.333. The number of rotatable bonds is 2. The van der Waals surface area contributed by atoms with Crippen molar-refractivity contribution in [2.24, 2.45) is 0 Å². The number of aliphatic hydroxyl groups excluding tert-OH is 1. The summed E-state index contributed by atoms with van der Waals surface area (Å²) in [6, 6.07) is 9.58. The van der Waals surface area contributed by atoms with Crippen molar-refractivity contribution in [3.05, 3.63) is 35.9 Å². The lowest BCUT2D eigenvalue weighted by atomic mass is 10.0. The van der Waals surface area contributed by atoms with Crippen LogP contribution < -0.4 is 0 Å². The van der Waals surface area contributed by atoms with Gasteiger partial charge in [-0.1, -0.05) is 37.3 Å². The molecule has 10 heavy (non-hydrogen) atoms. The molecular weight excluding hydrogens is 124 g/mol. The van der Waals surface area contributed by atoms with Crippen LogP contribution in [0.2, 0.25) is 0 Å². The van der Waals surface area contributed by atoms with Gasteiger partial charge in [-0.3, -0.25) is 0 Å². The van der Waals surface area contributed by atoms with Gasteiger partial charge in [0.25, 0.3) is 0 Å². The third-order valence-corrected chi connectivity index (χ3v) is 1.55. The van der Waals surface area contributed by atoms with Gasteiger partial charge in [0.05, 0.1) is 1.37 Å². The average molecular weight is 137 g/mol. The molecule has 2 atom stereocenters. The Balaban J connectivity index is 2.77. The molecule has 1 aromatic rings. The summed E-state index contributed by atoms with van der Waals surface area (Å²) in [6.45, 7) is 0.824. The first kappa shape index (κ1) is 5.93. The maximum Gasteiger partial charge on any atom is 0.0570 e. The third kappa shape index (κ3) is 1.58. The van der Waals surface area contributed by atoms with Crippen molar-refractivity contribution < 1.29 is 6.48 Å². The Kier molecular flexibility index (Phi) is 2.00. The largest absolute Gasteiger partial charge is 0.396 e. The van der Waals surface area contributed by atoms with Gasteiger partial charge in [-0.15, -0.1) is 0 Å². The molecule has 1 N–H and O–H groups in total. The third-order valence-electron chi connectivity index (χ3n) is 1.55. The SMILES string of the molecule is [2H][C@@H](O)C(C)c1ccccc1. The molecule has 1 aromatic carbocycles. The van der Waals surface area contributed by atoms with E-state index in [0.717, 1.165) is 5.56 Å². The van der Waals surface area contributed by atoms with Crippen molar-refractivity contribution in [3.63, 3.8) is 0 Å². The van der Waals surface area contributed by atoms with E-state index in [1.54, 1.807) is 0 Å². The van der Waals surface area contributed by atoms with Crippen molar-refractivity contribution in [2.75, 3.05) is 6.58 Å². The lowest BCUT2D eigenvalue weighted by Crippen LogP contribution is -1.97. The van der Waals surface area contributed by atoms with Gasteiger partial charge in [0.2, 0.25) is 0 Å². The Morgan fingerprint density at radius 3 is 2.60 bits per heavy atom. The van der Waals surface area contributed by atoms with Crippen LogP contribution in [-0.2, 0) is 0 Å². The van der Waals surface area contributed by atoms with Crippen molar-refractivity contribution >= 4 is 0 Å². The average Bonchev–Trinajstić information content (AvgIpc) is 2.05. The molecule has 54 valence electrons. The monoisotopic (exact) mass is 137 g/mol. The van der Waals surface area contributed by atoms with Gasteiger partial charge in [0, 0.05) is 12.5 Å². The molecule has 0 saturated heterocycles. The first-order valence-electron chi connectivity index (χ1n) is 3.95. The highest BCUT2D eigenvalue weighted by atomic mass is 16.3. The predicted octanol–water partition coefficient (Wildman–Crippen LogP) is 1.78. The lowest BCUT2D eigenvalue weighted by molar-refractivity contribution is 0.273. The predicted molar refractivity (Wildman–Crippen MR) is 41.9 cm³/mol. The summed E-state index contributed by atoms with van der Waals surface area (Å²) in [5.41, 5.74) is 1.01. The number of benzene rings is 1. The number of aliphatic hydroxyl groups is 1. The fourth-order valence-corrected chi connectivity index (χ4v) is 0.843. The lowest BCUT2D eigenvalue weighted by Gasteiger charge is -2.05. The molecule has 0 saturated carbocycles. The molecule has 1 rings (SSSR count). The normalized spacial score (nSPS) is 17.6. The molecule has 0 radical (unpaired) electrons. The van der Waals surface area contributed by atoms with Crippen LogP contribution in [0.4, 0.5) is 0 Å². The Hall–Kier alpha value is -0.820. The highest BCUT2D eigenvalue weighted by Crippen LogP contribution is 2.12. The molecule has 0 amide bonds. The Morgan fingerprint density at radius 1 is 1.50 bits per heavy atom. The van der Waals surface area contributed by atoms with Crippen LogP contribution in [0.3, 0.4) is 0 Å². The molecule has 0 fully saturated rings. The summed E-state index contributed by atoms with van der Waals surface area (Å²) in [6.07, 6.45) is 0. The summed E-state index contributed by atoms with van der Waals surface area (Å²) in [4.78, 5) is 0. The molecular formula is C9H12O. The van der Waals surface area contributed by atoms with Crippen LogP contribution in [0.15, 0.2) is 30.3 Å². The van der Waals surface area contributed by atoms with E-state index in [1.807, 2.05) is 37.3 Å². The number of hydrogen-bond acceptors (Lipinski definition) is 1. The van der Waals surface area contributed by atoms with Gasteiger partial charge in [0.15, 0.2) is 0 Å². The minimum Gasteiger partial charge on any atom is -0.396 e. The smallest absolute Gasteiger partial charge is 0.0570 e. The molecule has 1 heteroatoms. The molecule has 1 unspecified atom stereocenters. The van der Waals surface area contributed by atoms with Crippen molar-refractivity contribution in [1.82, 2.24) is 0 Å². The van der Waals surface area contributed by atoms with Gasteiger partial charge >= 0.3 is 0 Å². The summed E-state index contributed by atoms with van der Waals surface area (Å²) < 4.78 is 7.08. The first-order chi connectivity index (χ1) is 5.22. The molecule has 1 nitrogen and oxygen atoms in total. The van der Waals surface area contributed by atoms with Crippen molar-refractivity contribution in [1.29, 1.82) is 0 Å². The van der Waals surface area contributed by atoms with E-state index in [0.29, 0.717) is 0 Å². The highest BCUT2D eigenvalue weighted by molar-refractivity contribution is 5.18. The quantitative estimate of drug-likeness (QED) is 0.658. The molecule has 0 aliphatic carbocycles. The van der Waals surface area contributed by atoms with E-state index in [4.69, 9.17) is 6.48 Å². The van der Waals surface area contributed by atoms with E-state index < -0.39 is 6.58 Å². The van der Waals surface area contributed by atoms with E-state index in [2.05, 4.69) is 0 Å². The van der Waals surface area contributed by atoms with E-state index in [1.165, 1.54) is 0 Å². The van der Waals surface area contributed by atoms with Gasteiger partial charge in [0.1, 0.15) is 0 Å². The van der Waals surface area contributed by atoms with Crippen LogP contribution in [-0.4, -0.2) is 11.7 Å². The Labute approximate surface area is 62.7 Å². The van der Waals surface area contributed by atoms with Crippen LogP contribution in [0.5, 0.6) is 0 Å². The van der Waals surface area contributed by atoms with Crippen LogP contribution >= 0.6 is 0 Å². The Morgan fingerprint density at radius 2 is 2.10 bits per heavy atom. The zero-order valence-corrected chi connectivity index (χ0v) is 5.99. The minimum absolute atomic E-state index is 0.101. The summed E-state index contributed by atoms with van der Waals surface area (Å²) >= 11 is 0. The number of hydrogen-bond donors (Lipinski definition) is 1. The second kappa shape index (κ2) is 3.37.